The number of hydrogen-bond donors (Lipinski definition) is 1. The number of rotatable bonds is 7. The van der Waals surface area contributed by atoms with Gasteiger partial charge >= 0.3 is 0 Å². The van der Waals surface area contributed by atoms with Crippen molar-refractivity contribution in [3.8, 4) is 5.75 Å². The van der Waals surface area contributed by atoms with E-state index in [1.807, 2.05) is 24.5 Å². The van der Waals surface area contributed by atoms with Gasteiger partial charge < -0.3 is 14.7 Å². The summed E-state index contributed by atoms with van der Waals surface area (Å²) in [6.07, 6.45) is 3.13. The number of aliphatic hydroxyl groups is 1. The first kappa shape index (κ1) is 20.1. The molecule has 2 aromatic carbocycles. The second-order valence-electron chi connectivity index (χ2n) is 7.39. The van der Waals surface area contributed by atoms with Crippen LogP contribution in [-0.4, -0.2) is 65.3 Å². The van der Waals surface area contributed by atoms with Gasteiger partial charge in [-0.3, -0.25) is 20.0 Å². The number of aromatic nitrogens is 1. The van der Waals surface area contributed by atoms with Crippen LogP contribution in [-0.2, 0) is 0 Å². The van der Waals surface area contributed by atoms with Crippen molar-refractivity contribution in [1.29, 1.82) is 0 Å². The van der Waals surface area contributed by atoms with Gasteiger partial charge in [-0.05, 0) is 6.07 Å². The zero-order valence-electron chi connectivity index (χ0n) is 16.6. The smallest absolute Gasteiger partial charge is 0.273 e. The average Bonchev–Trinajstić information content (AvgIpc) is 2.78. The van der Waals surface area contributed by atoms with E-state index in [1.54, 1.807) is 12.1 Å². The maximum Gasteiger partial charge on any atom is 0.273 e. The molecule has 0 aliphatic carbocycles. The van der Waals surface area contributed by atoms with E-state index in [0.717, 1.165) is 37.3 Å². The molecule has 8 heteroatoms. The van der Waals surface area contributed by atoms with Crippen molar-refractivity contribution >= 4 is 22.1 Å². The number of hydrogen-bond acceptors (Lipinski definition) is 7. The molecule has 30 heavy (non-hydrogen) atoms. The van der Waals surface area contributed by atoms with Gasteiger partial charge in [-0.25, -0.2) is 0 Å². The van der Waals surface area contributed by atoms with E-state index < -0.39 is 11.0 Å². The third-order valence-corrected chi connectivity index (χ3v) is 5.30. The van der Waals surface area contributed by atoms with E-state index in [4.69, 9.17) is 4.74 Å². The number of benzene rings is 2. The molecule has 8 nitrogen and oxygen atoms in total. The van der Waals surface area contributed by atoms with Gasteiger partial charge in [0.2, 0.25) is 0 Å². The summed E-state index contributed by atoms with van der Waals surface area (Å²) >= 11 is 0. The second kappa shape index (κ2) is 9.06. The lowest BCUT2D eigenvalue weighted by Crippen LogP contribution is -2.49. The SMILES string of the molecule is O=[N+]([O-])c1cccc(OCC(O)CN2CCN(c3cncc4ccccc34)CC2)c1. The largest absolute Gasteiger partial charge is 0.491 e. The van der Waals surface area contributed by atoms with Crippen molar-refractivity contribution in [2.24, 2.45) is 0 Å². The summed E-state index contributed by atoms with van der Waals surface area (Å²) in [6, 6.07) is 14.2. The molecule has 0 amide bonds. The predicted octanol–water partition coefficient (Wildman–Crippen LogP) is 2.70. The predicted molar refractivity (Wildman–Crippen MR) is 115 cm³/mol. The Morgan fingerprint density at radius 3 is 2.70 bits per heavy atom. The molecule has 1 aliphatic heterocycles. The van der Waals surface area contributed by atoms with Crippen LogP contribution in [0.5, 0.6) is 5.75 Å². The first-order valence-corrected chi connectivity index (χ1v) is 9.95. The molecule has 1 aromatic heterocycles. The zero-order valence-corrected chi connectivity index (χ0v) is 16.6. The van der Waals surface area contributed by atoms with Gasteiger partial charge in [-0.15, -0.1) is 0 Å². The first-order chi connectivity index (χ1) is 14.6. The van der Waals surface area contributed by atoms with E-state index >= 15 is 0 Å². The van der Waals surface area contributed by atoms with Gasteiger partial charge in [-0.2, -0.15) is 0 Å². The summed E-state index contributed by atoms with van der Waals surface area (Å²) in [7, 11) is 0. The molecule has 1 N–H and O–H groups in total. The molecule has 3 aromatic rings. The molecule has 0 bridgehead atoms. The number of nitro benzene ring substituents is 1. The molecule has 1 aliphatic rings. The van der Waals surface area contributed by atoms with Crippen LogP contribution in [0.15, 0.2) is 60.9 Å². The van der Waals surface area contributed by atoms with Crippen molar-refractivity contribution in [3.63, 3.8) is 0 Å². The Balaban J connectivity index is 1.28. The maximum atomic E-state index is 10.8. The molecule has 2 heterocycles. The monoisotopic (exact) mass is 408 g/mol. The minimum Gasteiger partial charge on any atom is -0.491 e. The van der Waals surface area contributed by atoms with Crippen molar-refractivity contribution < 1.29 is 14.8 Å². The topological polar surface area (TPSA) is 92.0 Å². The van der Waals surface area contributed by atoms with E-state index in [1.165, 1.54) is 17.5 Å². The lowest BCUT2D eigenvalue weighted by Gasteiger charge is -2.37. The van der Waals surface area contributed by atoms with Crippen LogP contribution in [0.3, 0.4) is 0 Å². The number of anilines is 1. The molecule has 1 saturated heterocycles. The Bertz CT molecular complexity index is 1020. The van der Waals surface area contributed by atoms with Crippen LogP contribution in [0.1, 0.15) is 0 Å². The van der Waals surface area contributed by atoms with Crippen LogP contribution in [0.25, 0.3) is 10.8 Å². The van der Waals surface area contributed by atoms with Crippen LogP contribution in [0.2, 0.25) is 0 Å². The number of non-ortho nitro benzene ring substituents is 1. The van der Waals surface area contributed by atoms with Gasteiger partial charge in [0.15, 0.2) is 0 Å². The number of pyridine rings is 1. The third-order valence-electron chi connectivity index (χ3n) is 5.30. The van der Waals surface area contributed by atoms with E-state index in [0.29, 0.717) is 12.3 Å². The summed E-state index contributed by atoms with van der Waals surface area (Å²) in [5.41, 5.74) is 1.11. The molecule has 0 saturated carbocycles. The second-order valence-corrected chi connectivity index (χ2v) is 7.39. The van der Waals surface area contributed by atoms with Gasteiger partial charge in [0, 0.05) is 55.8 Å². The molecule has 1 fully saturated rings. The van der Waals surface area contributed by atoms with Gasteiger partial charge in [-0.1, -0.05) is 30.3 Å². The van der Waals surface area contributed by atoms with Crippen molar-refractivity contribution in [1.82, 2.24) is 9.88 Å². The van der Waals surface area contributed by atoms with E-state index in [2.05, 4.69) is 26.9 Å². The number of piperazine rings is 1. The third kappa shape index (κ3) is 4.67. The zero-order chi connectivity index (χ0) is 20.9. The highest BCUT2D eigenvalue weighted by Gasteiger charge is 2.21. The van der Waals surface area contributed by atoms with Crippen LogP contribution in [0, 0.1) is 10.1 Å². The Hall–Kier alpha value is -3.23. The van der Waals surface area contributed by atoms with Crippen LogP contribution >= 0.6 is 0 Å². The lowest BCUT2D eigenvalue weighted by atomic mass is 10.1. The number of β-amino-alcohol motifs (C(OH)–C–C–N with tert-alkyl or cyclic N) is 1. The average molecular weight is 408 g/mol. The molecule has 0 radical (unpaired) electrons. The fourth-order valence-corrected chi connectivity index (χ4v) is 3.75. The molecular formula is C22H24N4O4. The lowest BCUT2D eigenvalue weighted by molar-refractivity contribution is -0.384. The number of ether oxygens (including phenoxy) is 1. The Kier molecular flexibility index (Phi) is 6.06. The van der Waals surface area contributed by atoms with Gasteiger partial charge in [0.1, 0.15) is 18.5 Å². The normalized spacial score (nSPS) is 15.8. The summed E-state index contributed by atoms with van der Waals surface area (Å²) in [5.74, 6) is 0.386. The fraction of sp³-hybridized carbons (Fsp3) is 0.318. The van der Waals surface area contributed by atoms with E-state index in [9.17, 15) is 15.2 Å². The Morgan fingerprint density at radius 2 is 1.90 bits per heavy atom. The quantitative estimate of drug-likeness (QED) is 0.475. The molecule has 1 atom stereocenters. The van der Waals surface area contributed by atoms with Crippen molar-refractivity contribution in [3.05, 3.63) is 71.0 Å². The minimum atomic E-state index is -0.671. The number of fused-ring (bicyclic) bond motifs is 1. The Labute approximate surface area is 174 Å². The molecule has 1 unspecified atom stereocenters. The van der Waals surface area contributed by atoms with Gasteiger partial charge in [0.25, 0.3) is 5.69 Å². The van der Waals surface area contributed by atoms with E-state index in [-0.39, 0.29) is 12.3 Å². The highest BCUT2D eigenvalue weighted by molar-refractivity contribution is 5.93. The highest BCUT2D eigenvalue weighted by Crippen LogP contribution is 2.26. The summed E-state index contributed by atoms with van der Waals surface area (Å²) < 4.78 is 5.54. The summed E-state index contributed by atoms with van der Waals surface area (Å²) in [6.45, 7) is 3.96. The minimum absolute atomic E-state index is 0.0268. The van der Waals surface area contributed by atoms with Crippen LogP contribution < -0.4 is 9.64 Å². The molecule has 0 spiro atoms. The first-order valence-electron chi connectivity index (χ1n) is 9.95. The summed E-state index contributed by atoms with van der Waals surface area (Å²) in [5, 5.41) is 23.5. The highest BCUT2D eigenvalue weighted by atomic mass is 16.6. The maximum absolute atomic E-state index is 10.8. The number of nitro groups is 1. The summed E-state index contributed by atoms with van der Waals surface area (Å²) in [4.78, 5) is 19.3. The molecule has 156 valence electrons. The molecular weight excluding hydrogens is 384 g/mol. The van der Waals surface area contributed by atoms with Crippen molar-refractivity contribution in [2.75, 3.05) is 44.2 Å². The molecule has 4 rings (SSSR count). The Morgan fingerprint density at radius 1 is 1.10 bits per heavy atom. The van der Waals surface area contributed by atoms with Crippen LogP contribution in [0.4, 0.5) is 11.4 Å². The standard InChI is InChI=1S/C22H24N4O4/c27-19(16-30-20-6-3-5-18(12-20)26(28)29)15-24-8-10-25(11-9-24)22-14-23-13-17-4-1-2-7-21(17)22/h1-7,12-14,19,27H,8-11,15-16H2. The van der Waals surface area contributed by atoms with Gasteiger partial charge in [0.05, 0.1) is 22.9 Å². The number of nitrogens with zero attached hydrogens (tertiary/aromatic N) is 4. The fourth-order valence-electron chi connectivity index (χ4n) is 3.75. The van der Waals surface area contributed by atoms with Crippen molar-refractivity contribution in [2.45, 2.75) is 6.10 Å². The number of aliphatic hydroxyl groups excluding tert-OH is 1.